The van der Waals surface area contributed by atoms with Crippen molar-refractivity contribution in [1.82, 2.24) is 4.98 Å². The van der Waals surface area contributed by atoms with Gasteiger partial charge in [0.1, 0.15) is 10.4 Å². The van der Waals surface area contributed by atoms with Gasteiger partial charge in [0.25, 0.3) is 0 Å². The number of hydrogen-bond donors (Lipinski definition) is 1. The van der Waals surface area contributed by atoms with Crippen LogP contribution in [0, 0.1) is 0 Å². The van der Waals surface area contributed by atoms with Crippen molar-refractivity contribution >= 4 is 21.6 Å². The van der Waals surface area contributed by atoms with Crippen LogP contribution in [0.1, 0.15) is 30.2 Å². The molecule has 0 saturated heterocycles. The largest absolute Gasteiger partial charge is 0.469 e. The number of nitrogens with zero attached hydrogens (tertiary/aromatic N) is 1. The SMILES string of the molecule is Brc1ccc(NC2CCCc3occc32)cn1. The van der Waals surface area contributed by atoms with E-state index in [-0.39, 0.29) is 0 Å². The lowest BCUT2D eigenvalue weighted by molar-refractivity contribution is 0.461. The van der Waals surface area contributed by atoms with E-state index in [1.807, 2.05) is 18.3 Å². The molecule has 0 aliphatic heterocycles. The molecule has 1 aliphatic carbocycles. The van der Waals surface area contributed by atoms with Gasteiger partial charge in [0.15, 0.2) is 0 Å². The molecule has 3 rings (SSSR count). The summed E-state index contributed by atoms with van der Waals surface area (Å²) in [6, 6.07) is 6.39. The summed E-state index contributed by atoms with van der Waals surface area (Å²) in [5.41, 5.74) is 2.34. The van der Waals surface area contributed by atoms with Crippen LogP contribution >= 0.6 is 15.9 Å². The maximum Gasteiger partial charge on any atom is 0.109 e. The standard InChI is InChI=1S/C13H13BrN2O/c14-13-5-4-9(8-15-13)16-11-2-1-3-12-10(11)6-7-17-12/h4-8,11,16H,1-3H2. The first kappa shape index (κ1) is 10.8. The van der Waals surface area contributed by atoms with Crippen LogP contribution < -0.4 is 5.32 Å². The minimum Gasteiger partial charge on any atom is -0.469 e. The van der Waals surface area contributed by atoms with Crippen LogP contribution in [0.3, 0.4) is 0 Å². The fraction of sp³-hybridized carbons (Fsp3) is 0.308. The summed E-state index contributed by atoms with van der Waals surface area (Å²) in [5, 5.41) is 3.51. The second-order valence-corrected chi connectivity index (χ2v) is 5.07. The molecule has 0 bridgehead atoms. The number of pyridine rings is 1. The number of aromatic nitrogens is 1. The van der Waals surface area contributed by atoms with Crippen molar-refractivity contribution < 1.29 is 4.42 Å². The number of nitrogens with one attached hydrogen (secondary N) is 1. The number of aryl methyl sites for hydroxylation is 1. The Labute approximate surface area is 108 Å². The summed E-state index contributed by atoms with van der Waals surface area (Å²) in [5.74, 6) is 1.12. The fourth-order valence-corrected chi connectivity index (χ4v) is 2.53. The summed E-state index contributed by atoms with van der Waals surface area (Å²) in [6.07, 6.45) is 6.99. The van der Waals surface area contributed by atoms with Crippen molar-refractivity contribution in [3.8, 4) is 0 Å². The number of furan rings is 1. The Morgan fingerprint density at radius 3 is 3.12 bits per heavy atom. The molecule has 1 unspecified atom stereocenters. The minimum absolute atomic E-state index is 0.348. The molecule has 3 nitrogen and oxygen atoms in total. The zero-order valence-electron chi connectivity index (χ0n) is 9.32. The molecule has 4 heteroatoms. The third-order valence-corrected chi connectivity index (χ3v) is 3.59. The zero-order valence-corrected chi connectivity index (χ0v) is 10.9. The van der Waals surface area contributed by atoms with Gasteiger partial charge in [-0.05, 0) is 47.0 Å². The average Bonchev–Trinajstić information content (AvgIpc) is 2.81. The van der Waals surface area contributed by atoms with Crippen molar-refractivity contribution in [3.63, 3.8) is 0 Å². The Hall–Kier alpha value is -1.29. The lowest BCUT2D eigenvalue weighted by Crippen LogP contribution is -2.15. The van der Waals surface area contributed by atoms with E-state index in [1.165, 1.54) is 12.0 Å². The van der Waals surface area contributed by atoms with E-state index < -0.39 is 0 Å². The first-order valence-electron chi connectivity index (χ1n) is 5.77. The molecule has 88 valence electrons. The van der Waals surface area contributed by atoms with Gasteiger partial charge in [-0.3, -0.25) is 0 Å². The molecule has 1 N–H and O–H groups in total. The molecule has 0 fully saturated rings. The molecule has 1 aliphatic rings. The van der Waals surface area contributed by atoms with Crippen LogP contribution in [0.15, 0.2) is 39.7 Å². The van der Waals surface area contributed by atoms with Gasteiger partial charge in [-0.25, -0.2) is 4.98 Å². The fourth-order valence-electron chi connectivity index (χ4n) is 2.30. The molecular weight excluding hydrogens is 280 g/mol. The normalized spacial score (nSPS) is 18.8. The first-order valence-corrected chi connectivity index (χ1v) is 6.56. The third-order valence-electron chi connectivity index (χ3n) is 3.12. The Bertz CT molecular complexity index is 506. The maximum atomic E-state index is 5.48. The highest BCUT2D eigenvalue weighted by Gasteiger charge is 2.22. The smallest absolute Gasteiger partial charge is 0.109 e. The molecule has 0 spiro atoms. The predicted octanol–water partition coefficient (Wildman–Crippen LogP) is 3.93. The molecule has 0 aromatic carbocycles. The van der Waals surface area contributed by atoms with Gasteiger partial charge in [-0.15, -0.1) is 0 Å². The zero-order chi connectivity index (χ0) is 11.7. The van der Waals surface area contributed by atoms with Crippen LogP contribution in [0.25, 0.3) is 0 Å². The first-order chi connectivity index (χ1) is 8.33. The van der Waals surface area contributed by atoms with E-state index >= 15 is 0 Å². The van der Waals surface area contributed by atoms with Gasteiger partial charge >= 0.3 is 0 Å². The molecular formula is C13H13BrN2O. The van der Waals surface area contributed by atoms with E-state index in [0.717, 1.165) is 28.9 Å². The molecule has 2 heterocycles. The topological polar surface area (TPSA) is 38.1 Å². The summed E-state index contributed by atoms with van der Waals surface area (Å²) >= 11 is 3.34. The summed E-state index contributed by atoms with van der Waals surface area (Å²) in [6.45, 7) is 0. The van der Waals surface area contributed by atoms with E-state index in [4.69, 9.17) is 4.42 Å². The molecule has 2 aromatic heterocycles. The van der Waals surface area contributed by atoms with E-state index in [9.17, 15) is 0 Å². The highest BCUT2D eigenvalue weighted by molar-refractivity contribution is 9.10. The van der Waals surface area contributed by atoms with Crippen LogP contribution in [0.2, 0.25) is 0 Å². The van der Waals surface area contributed by atoms with Crippen LogP contribution in [0.4, 0.5) is 5.69 Å². The molecule has 17 heavy (non-hydrogen) atoms. The number of halogens is 1. The van der Waals surface area contributed by atoms with Crippen LogP contribution in [-0.2, 0) is 6.42 Å². The predicted molar refractivity (Wildman–Crippen MR) is 69.9 cm³/mol. The highest BCUT2D eigenvalue weighted by Crippen LogP contribution is 2.33. The molecule has 1 atom stereocenters. The maximum absolute atomic E-state index is 5.48. The lowest BCUT2D eigenvalue weighted by atomic mass is 9.93. The summed E-state index contributed by atoms with van der Waals surface area (Å²) in [7, 11) is 0. The average molecular weight is 293 g/mol. The number of fused-ring (bicyclic) bond motifs is 1. The van der Waals surface area contributed by atoms with Gasteiger partial charge in [-0.1, -0.05) is 0 Å². The lowest BCUT2D eigenvalue weighted by Gasteiger charge is -2.23. The monoisotopic (exact) mass is 292 g/mol. The van der Waals surface area contributed by atoms with Crippen LogP contribution in [-0.4, -0.2) is 4.98 Å². The minimum atomic E-state index is 0.348. The van der Waals surface area contributed by atoms with Gasteiger partial charge in [-0.2, -0.15) is 0 Å². The van der Waals surface area contributed by atoms with Crippen molar-refractivity contribution in [3.05, 3.63) is 46.6 Å². The van der Waals surface area contributed by atoms with Crippen molar-refractivity contribution in [1.29, 1.82) is 0 Å². The van der Waals surface area contributed by atoms with Gasteiger partial charge in [0.05, 0.1) is 24.2 Å². The highest BCUT2D eigenvalue weighted by atomic mass is 79.9. The summed E-state index contributed by atoms with van der Waals surface area (Å²) in [4.78, 5) is 4.22. The Morgan fingerprint density at radius 2 is 2.29 bits per heavy atom. The molecule has 0 saturated carbocycles. The number of anilines is 1. The third kappa shape index (κ3) is 2.22. The van der Waals surface area contributed by atoms with Crippen LogP contribution in [0.5, 0.6) is 0 Å². The molecule has 0 amide bonds. The van der Waals surface area contributed by atoms with Gasteiger partial charge in [0, 0.05) is 12.0 Å². The quantitative estimate of drug-likeness (QED) is 0.853. The molecule has 0 radical (unpaired) electrons. The van der Waals surface area contributed by atoms with E-state index in [1.54, 1.807) is 6.26 Å². The van der Waals surface area contributed by atoms with E-state index in [0.29, 0.717) is 6.04 Å². The number of hydrogen-bond acceptors (Lipinski definition) is 3. The van der Waals surface area contributed by atoms with Crippen molar-refractivity contribution in [2.45, 2.75) is 25.3 Å². The van der Waals surface area contributed by atoms with Gasteiger partial charge in [0.2, 0.25) is 0 Å². The van der Waals surface area contributed by atoms with Crippen molar-refractivity contribution in [2.24, 2.45) is 0 Å². The Kier molecular flexibility index (Phi) is 2.89. The second kappa shape index (κ2) is 4.53. The summed E-state index contributed by atoms with van der Waals surface area (Å²) < 4.78 is 6.34. The Balaban J connectivity index is 1.81. The van der Waals surface area contributed by atoms with Gasteiger partial charge < -0.3 is 9.73 Å². The van der Waals surface area contributed by atoms with E-state index in [2.05, 4.69) is 32.3 Å². The number of rotatable bonds is 2. The van der Waals surface area contributed by atoms with Crippen molar-refractivity contribution in [2.75, 3.05) is 5.32 Å². The second-order valence-electron chi connectivity index (χ2n) is 4.26. The Morgan fingerprint density at radius 1 is 1.35 bits per heavy atom. The molecule has 2 aromatic rings.